The quantitative estimate of drug-likeness (QED) is 0.388. The standard InChI is InChI=1S/C23H20F2N7OP/c1-34(2)20-10-26-21-15(7-13(24)11-31(20)21)17-9-28-23(32-12-29-30-22(17)32)27-8-16-14-5-6-33-19(14)4-3-18(16)25/h3-4,7,9-12H,5-6,8H2,1-2H3,(H,27,28). The number of nitrogens with zero attached hydrogens (tertiary/aromatic N) is 6. The van der Waals surface area contributed by atoms with Crippen molar-refractivity contribution < 1.29 is 13.5 Å². The molecule has 8 nitrogen and oxygen atoms in total. The van der Waals surface area contributed by atoms with Crippen molar-refractivity contribution >= 4 is 30.6 Å². The molecule has 1 aliphatic heterocycles. The molecule has 0 bridgehead atoms. The molecule has 0 aliphatic carbocycles. The molecule has 0 radical (unpaired) electrons. The zero-order chi connectivity index (χ0) is 23.4. The highest BCUT2D eigenvalue weighted by Crippen LogP contribution is 2.33. The SMILES string of the molecule is CP(C)c1cnc2c(-c3cnc(NCc4c(F)ccc5c4CCO5)n4cnnc34)cc(F)cn12. The summed E-state index contributed by atoms with van der Waals surface area (Å²) in [5.41, 5.74) is 4.68. The van der Waals surface area contributed by atoms with Gasteiger partial charge in [-0.25, -0.2) is 18.7 Å². The fraction of sp³-hybridized carbons (Fsp3) is 0.217. The van der Waals surface area contributed by atoms with Crippen LogP contribution >= 0.6 is 7.92 Å². The Morgan fingerprint density at radius 2 is 1.97 bits per heavy atom. The van der Waals surface area contributed by atoms with Crippen LogP contribution in [0.15, 0.2) is 43.1 Å². The second-order valence-electron chi connectivity index (χ2n) is 8.25. The van der Waals surface area contributed by atoms with E-state index in [4.69, 9.17) is 4.74 Å². The Hall–Kier alpha value is -3.65. The summed E-state index contributed by atoms with van der Waals surface area (Å²) >= 11 is 0. The van der Waals surface area contributed by atoms with Gasteiger partial charge in [0.05, 0.1) is 18.2 Å². The molecule has 34 heavy (non-hydrogen) atoms. The molecule has 5 heterocycles. The molecule has 0 saturated carbocycles. The van der Waals surface area contributed by atoms with Gasteiger partial charge in [-0.15, -0.1) is 10.2 Å². The number of hydrogen-bond acceptors (Lipinski definition) is 6. The van der Waals surface area contributed by atoms with E-state index in [0.29, 0.717) is 52.7 Å². The van der Waals surface area contributed by atoms with Gasteiger partial charge in [0, 0.05) is 47.6 Å². The lowest BCUT2D eigenvalue weighted by molar-refractivity contribution is 0.356. The van der Waals surface area contributed by atoms with Crippen LogP contribution in [-0.4, -0.2) is 48.9 Å². The maximum atomic E-state index is 14.6. The number of pyridine rings is 1. The van der Waals surface area contributed by atoms with Crippen LogP contribution in [0.4, 0.5) is 14.7 Å². The van der Waals surface area contributed by atoms with E-state index in [2.05, 4.69) is 38.8 Å². The lowest BCUT2D eigenvalue weighted by Gasteiger charge is -2.13. The second kappa shape index (κ2) is 7.99. The Balaban J connectivity index is 1.41. The van der Waals surface area contributed by atoms with E-state index in [-0.39, 0.29) is 18.2 Å². The molecular weight excluding hydrogens is 459 g/mol. The van der Waals surface area contributed by atoms with E-state index < -0.39 is 7.92 Å². The maximum Gasteiger partial charge on any atom is 0.210 e. The second-order valence-corrected chi connectivity index (χ2v) is 10.5. The fourth-order valence-corrected chi connectivity index (χ4v) is 5.26. The first-order valence-corrected chi connectivity index (χ1v) is 12.9. The molecule has 1 N–H and O–H groups in total. The molecule has 0 saturated heterocycles. The van der Waals surface area contributed by atoms with Crippen molar-refractivity contribution in [1.29, 1.82) is 0 Å². The minimum atomic E-state index is -0.479. The first kappa shape index (κ1) is 20.9. The van der Waals surface area contributed by atoms with Crippen LogP contribution in [0.25, 0.3) is 22.4 Å². The molecule has 0 spiro atoms. The van der Waals surface area contributed by atoms with Gasteiger partial charge in [-0.3, -0.25) is 8.80 Å². The first-order valence-electron chi connectivity index (χ1n) is 10.7. The topological polar surface area (TPSA) is 81.6 Å². The molecule has 0 unspecified atom stereocenters. The van der Waals surface area contributed by atoms with E-state index in [1.807, 2.05) is 0 Å². The largest absolute Gasteiger partial charge is 0.493 e. The summed E-state index contributed by atoms with van der Waals surface area (Å²) in [6.45, 7) is 4.96. The normalized spacial score (nSPS) is 13.1. The smallest absolute Gasteiger partial charge is 0.210 e. The number of ether oxygens (including phenoxy) is 1. The van der Waals surface area contributed by atoms with Gasteiger partial charge in [-0.1, -0.05) is 7.92 Å². The summed E-state index contributed by atoms with van der Waals surface area (Å²) in [6, 6.07) is 4.51. The lowest BCUT2D eigenvalue weighted by Crippen LogP contribution is -2.10. The highest BCUT2D eigenvalue weighted by molar-refractivity contribution is 7.63. The number of imidazole rings is 1. The zero-order valence-electron chi connectivity index (χ0n) is 18.5. The number of benzene rings is 1. The Morgan fingerprint density at radius 3 is 2.82 bits per heavy atom. The maximum absolute atomic E-state index is 14.6. The summed E-state index contributed by atoms with van der Waals surface area (Å²) in [4.78, 5) is 9.08. The molecule has 0 atom stereocenters. The van der Waals surface area contributed by atoms with Crippen LogP contribution in [0.2, 0.25) is 0 Å². The third-order valence-corrected chi connectivity index (χ3v) is 7.25. The van der Waals surface area contributed by atoms with Crippen molar-refractivity contribution in [2.75, 3.05) is 25.3 Å². The predicted molar refractivity (Wildman–Crippen MR) is 126 cm³/mol. The first-order chi connectivity index (χ1) is 16.5. The zero-order valence-corrected chi connectivity index (χ0v) is 19.4. The molecular formula is C23H20F2N7OP. The molecule has 1 aromatic carbocycles. The van der Waals surface area contributed by atoms with Crippen molar-refractivity contribution in [3.63, 3.8) is 0 Å². The molecule has 5 aromatic rings. The van der Waals surface area contributed by atoms with E-state index in [1.165, 1.54) is 24.7 Å². The highest BCUT2D eigenvalue weighted by Gasteiger charge is 2.21. The minimum Gasteiger partial charge on any atom is -0.493 e. The van der Waals surface area contributed by atoms with Gasteiger partial charge in [0.2, 0.25) is 5.95 Å². The van der Waals surface area contributed by atoms with Crippen molar-refractivity contribution in [3.05, 3.63) is 65.9 Å². The van der Waals surface area contributed by atoms with Crippen LogP contribution in [0.3, 0.4) is 0 Å². The monoisotopic (exact) mass is 479 g/mol. The van der Waals surface area contributed by atoms with Gasteiger partial charge in [0.1, 0.15) is 29.4 Å². The van der Waals surface area contributed by atoms with Crippen LogP contribution in [0.1, 0.15) is 11.1 Å². The molecule has 11 heteroatoms. The van der Waals surface area contributed by atoms with E-state index in [0.717, 1.165) is 11.0 Å². The summed E-state index contributed by atoms with van der Waals surface area (Å²) in [7, 11) is -0.479. The van der Waals surface area contributed by atoms with Gasteiger partial charge in [0.25, 0.3) is 0 Å². The highest BCUT2D eigenvalue weighted by atomic mass is 31.1. The average molecular weight is 479 g/mol. The number of anilines is 1. The number of nitrogens with one attached hydrogen (secondary N) is 1. The predicted octanol–water partition coefficient (Wildman–Crippen LogP) is 3.63. The van der Waals surface area contributed by atoms with Crippen molar-refractivity contribution in [2.24, 2.45) is 0 Å². The van der Waals surface area contributed by atoms with E-state index in [1.54, 1.807) is 27.3 Å². The molecule has 172 valence electrons. The molecule has 0 fully saturated rings. The van der Waals surface area contributed by atoms with E-state index in [9.17, 15) is 8.78 Å². The summed E-state index contributed by atoms with van der Waals surface area (Å²) in [5, 5.41) is 11.5. The number of fused-ring (bicyclic) bond motifs is 3. The third kappa shape index (κ3) is 3.28. The van der Waals surface area contributed by atoms with Gasteiger partial charge in [-0.05, 0) is 31.5 Å². The van der Waals surface area contributed by atoms with Gasteiger partial charge in [0.15, 0.2) is 5.65 Å². The molecule has 6 rings (SSSR count). The summed E-state index contributed by atoms with van der Waals surface area (Å²) in [6.07, 6.45) is 7.03. The summed E-state index contributed by atoms with van der Waals surface area (Å²) < 4.78 is 38.2. The lowest BCUT2D eigenvalue weighted by atomic mass is 10.0. The van der Waals surface area contributed by atoms with Crippen molar-refractivity contribution in [1.82, 2.24) is 29.0 Å². The average Bonchev–Trinajstić information content (AvgIpc) is 3.56. The van der Waals surface area contributed by atoms with Crippen LogP contribution in [-0.2, 0) is 13.0 Å². The van der Waals surface area contributed by atoms with Crippen LogP contribution in [0, 0.1) is 11.6 Å². The molecule has 1 aliphatic rings. The van der Waals surface area contributed by atoms with Crippen molar-refractivity contribution in [2.45, 2.75) is 13.0 Å². The number of aromatic nitrogens is 6. The minimum absolute atomic E-state index is 0.225. The van der Waals surface area contributed by atoms with Gasteiger partial charge < -0.3 is 10.1 Å². The van der Waals surface area contributed by atoms with Crippen LogP contribution < -0.4 is 15.5 Å². The number of rotatable bonds is 5. The Labute approximate surface area is 194 Å². The Kier molecular flexibility index (Phi) is 4.91. The number of halogens is 2. The summed E-state index contributed by atoms with van der Waals surface area (Å²) in [5.74, 6) is 0.487. The van der Waals surface area contributed by atoms with Crippen molar-refractivity contribution in [3.8, 4) is 16.9 Å². The fourth-order valence-electron chi connectivity index (χ4n) is 4.38. The Bertz CT molecular complexity index is 1560. The van der Waals surface area contributed by atoms with E-state index >= 15 is 0 Å². The Morgan fingerprint density at radius 1 is 1.09 bits per heavy atom. The molecule has 4 aromatic heterocycles. The third-order valence-electron chi connectivity index (χ3n) is 6.00. The van der Waals surface area contributed by atoms with Gasteiger partial charge >= 0.3 is 0 Å². The molecule has 0 amide bonds. The van der Waals surface area contributed by atoms with Gasteiger partial charge in [-0.2, -0.15) is 0 Å². The number of hydrogen-bond donors (Lipinski definition) is 1. The van der Waals surface area contributed by atoms with Crippen LogP contribution in [0.5, 0.6) is 5.75 Å².